The molecule has 0 N–H and O–H groups in total. The van der Waals surface area contributed by atoms with Crippen LogP contribution in [0.4, 0.5) is 0 Å². The van der Waals surface area contributed by atoms with Gasteiger partial charge in [0.1, 0.15) is 12.4 Å². The Hall–Kier alpha value is -2.55. The highest BCUT2D eigenvalue weighted by Gasteiger charge is 1.98. The van der Waals surface area contributed by atoms with Gasteiger partial charge in [0.25, 0.3) is 0 Å². The molecule has 2 aromatic carbocycles. The van der Waals surface area contributed by atoms with Gasteiger partial charge in [-0.3, -0.25) is 0 Å². The van der Waals surface area contributed by atoms with E-state index in [-0.39, 0.29) is 5.97 Å². The molecular weight excluding hydrogens is 264 g/mol. The fourth-order valence-electron chi connectivity index (χ4n) is 1.86. The highest BCUT2D eigenvalue weighted by molar-refractivity contribution is 5.81. The molecule has 0 fully saturated rings. The van der Waals surface area contributed by atoms with E-state index in [0.717, 1.165) is 16.9 Å². The van der Waals surface area contributed by atoms with Crippen molar-refractivity contribution < 1.29 is 14.3 Å². The predicted octanol–water partition coefficient (Wildman–Crippen LogP) is 3.54. The Labute approximate surface area is 124 Å². The summed E-state index contributed by atoms with van der Waals surface area (Å²) in [5.41, 5.74) is 2.22. The van der Waals surface area contributed by atoms with E-state index in [9.17, 15) is 4.79 Å². The summed E-state index contributed by atoms with van der Waals surface area (Å²) in [4.78, 5) is 11.0. The third kappa shape index (κ3) is 5.15. The first kappa shape index (κ1) is 14.9. The van der Waals surface area contributed by atoms with Crippen LogP contribution in [0, 0.1) is 0 Å². The zero-order valence-electron chi connectivity index (χ0n) is 12.0. The Bertz CT molecular complexity index is 603. The molecule has 0 aromatic heterocycles. The minimum Gasteiger partial charge on any atom is -0.489 e. The lowest BCUT2D eigenvalue weighted by Gasteiger charge is -2.07. The first-order valence-electron chi connectivity index (χ1n) is 6.78. The van der Waals surface area contributed by atoms with Crippen molar-refractivity contribution in [3.05, 3.63) is 77.9 Å². The quantitative estimate of drug-likeness (QED) is 0.600. The summed E-state index contributed by atoms with van der Waals surface area (Å²) >= 11 is 0. The fourth-order valence-corrected chi connectivity index (χ4v) is 1.86. The second-order valence-corrected chi connectivity index (χ2v) is 4.55. The second-order valence-electron chi connectivity index (χ2n) is 4.55. The van der Waals surface area contributed by atoms with Gasteiger partial charge in [0.05, 0.1) is 7.11 Å². The third-order valence-electron chi connectivity index (χ3n) is 2.96. The Morgan fingerprint density at radius 2 is 1.81 bits per heavy atom. The maximum Gasteiger partial charge on any atom is 0.330 e. The lowest BCUT2D eigenvalue weighted by Crippen LogP contribution is -1.96. The number of allylic oxidation sites excluding steroid dienone is 1. The van der Waals surface area contributed by atoms with Crippen molar-refractivity contribution in [3.8, 4) is 5.75 Å². The first-order chi connectivity index (χ1) is 10.3. The van der Waals surface area contributed by atoms with Crippen LogP contribution in [0.15, 0.2) is 66.7 Å². The van der Waals surface area contributed by atoms with E-state index in [1.807, 2.05) is 54.6 Å². The van der Waals surface area contributed by atoms with E-state index in [1.165, 1.54) is 13.2 Å². The molecule has 0 heterocycles. The minimum atomic E-state index is -0.341. The van der Waals surface area contributed by atoms with Gasteiger partial charge in [-0.05, 0) is 29.7 Å². The highest BCUT2D eigenvalue weighted by atomic mass is 16.5. The first-order valence-corrected chi connectivity index (χ1v) is 6.78. The molecule has 2 aromatic rings. The Kier molecular flexibility index (Phi) is 5.59. The average Bonchev–Trinajstić information content (AvgIpc) is 2.54. The second kappa shape index (κ2) is 7.90. The number of esters is 1. The lowest BCUT2D eigenvalue weighted by molar-refractivity contribution is -0.134. The Morgan fingerprint density at radius 3 is 2.57 bits per heavy atom. The normalized spacial score (nSPS) is 10.5. The van der Waals surface area contributed by atoms with Gasteiger partial charge in [-0.25, -0.2) is 4.79 Å². The topological polar surface area (TPSA) is 35.5 Å². The van der Waals surface area contributed by atoms with E-state index in [0.29, 0.717) is 13.0 Å². The smallest absolute Gasteiger partial charge is 0.330 e. The number of ether oxygens (including phenoxy) is 2. The van der Waals surface area contributed by atoms with Crippen LogP contribution in [-0.4, -0.2) is 13.1 Å². The standard InChI is InChI=1S/C18H18O3/c1-20-18(19)12-6-10-15-9-5-11-17(13-15)21-14-16-7-3-2-4-8-16/h2-9,11-13H,10,14H2,1H3/b12-6-. The van der Waals surface area contributed by atoms with Gasteiger partial charge in [-0.15, -0.1) is 0 Å². The van der Waals surface area contributed by atoms with Crippen LogP contribution in [0.1, 0.15) is 11.1 Å². The number of hydrogen-bond acceptors (Lipinski definition) is 3. The van der Waals surface area contributed by atoms with E-state index in [2.05, 4.69) is 4.74 Å². The summed E-state index contributed by atoms with van der Waals surface area (Å²) in [5, 5.41) is 0. The molecule has 108 valence electrons. The molecule has 0 saturated carbocycles. The maximum absolute atomic E-state index is 11.0. The van der Waals surface area contributed by atoms with Gasteiger partial charge < -0.3 is 9.47 Å². The fraction of sp³-hybridized carbons (Fsp3) is 0.167. The van der Waals surface area contributed by atoms with Crippen LogP contribution in [0.2, 0.25) is 0 Å². The summed E-state index contributed by atoms with van der Waals surface area (Å²) in [5.74, 6) is 0.481. The van der Waals surface area contributed by atoms with Gasteiger partial charge >= 0.3 is 5.97 Å². The van der Waals surface area contributed by atoms with Crippen LogP contribution < -0.4 is 4.74 Å². The van der Waals surface area contributed by atoms with Gasteiger partial charge in [-0.2, -0.15) is 0 Å². The van der Waals surface area contributed by atoms with Crippen molar-refractivity contribution in [1.29, 1.82) is 0 Å². The van der Waals surface area contributed by atoms with E-state index in [4.69, 9.17) is 4.74 Å². The monoisotopic (exact) mass is 282 g/mol. The summed E-state index contributed by atoms with van der Waals surface area (Å²) in [6, 6.07) is 17.9. The number of rotatable bonds is 6. The summed E-state index contributed by atoms with van der Waals surface area (Å²) < 4.78 is 10.3. The van der Waals surface area contributed by atoms with Crippen LogP contribution in [0.5, 0.6) is 5.75 Å². The maximum atomic E-state index is 11.0. The molecule has 0 radical (unpaired) electrons. The van der Waals surface area contributed by atoms with Crippen molar-refractivity contribution in [2.45, 2.75) is 13.0 Å². The zero-order valence-corrected chi connectivity index (χ0v) is 12.0. The molecule has 2 rings (SSSR count). The van der Waals surface area contributed by atoms with Gasteiger partial charge in [0.15, 0.2) is 0 Å². The van der Waals surface area contributed by atoms with Crippen molar-refractivity contribution in [2.75, 3.05) is 7.11 Å². The van der Waals surface area contributed by atoms with Crippen molar-refractivity contribution in [2.24, 2.45) is 0 Å². The van der Waals surface area contributed by atoms with E-state index >= 15 is 0 Å². The van der Waals surface area contributed by atoms with Crippen molar-refractivity contribution >= 4 is 5.97 Å². The number of carbonyl (C=O) groups excluding carboxylic acids is 1. The molecule has 0 unspecified atom stereocenters. The van der Waals surface area contributed by atoms with E-state index in [1.54, 1.807) is 6.08 Å². The molecular formula is C18H18O3. The SMILES string of the molecule is COC(=O)/C=C\Cc1cccc(OCc2ccccc2)c1. The van der Waals surface area contributed by atoms with Gasteiger partial charge in [0.2, 0.25) is 0 Å². The third-order valence-corrected chi connectivity index (χ3v) is 2.96. The Morgan fingerprint density at radius 1 is 1.05 bits per heavy atom. The summed E-state index contributed by atoms with van der Waals surface area (Å²) in [7, 11) is 1.37. The van der Waals surface area contributed by atoms with Crippen LogP contribution in [0.3, 0.4) is 0 Å². The average molecular weight is 282 g/mol. The van der Waals surface area contributed by atoms with Gasteiger partial charge in [-0.1, -0.05) is 48.5 Å². The molecule has 0 amide bonds. The lowest BCUT2D eigenvalue weighted by atomic mass is 10.1. The molecule has 0 aliphatic heterocycles. The largest absolute Gasteiger partial charge is 0.489 e. The zero-order chi connectivity index (χ0) is 14.9. The van der Waals surface area contributed by atoms with E-state index < -0.39 is 0 Å². The van der Waals surface area contributed by atoms with Crippen LogP contribution in [-0.2, 0) is 22.6 Å². The molecule has 0 atom stereocenters. The number of hydrogen-bond donors (Lipinski definition) is 0. The number of methoxy groups -OCH3 is 1. The molecule has 3 nitrogen and oxygen atoms in total. The molecule has 21 heavy (non-hydrogen) atoms. The minimum absolute atomic E-state index is 0.341. The highest BCUT2D eigenvalue weighted by Crippen LogP contribution is 2.15. The molecule has 0 spiro atoms. The summed E-state index contributed by atoms with van der Waals surface area (Å²) in [6.45, 7) is 0.544. The molecule has 0 saturated heterocycles. The van der Waals surface area contributed by atoms with Crippen molar-refractivity contribution in [1.82, 2.24) is 0 Å². The molecule has 3 heteroatoms. The molecule has 0 bridgehead atoms. The number of benzene rings is 2. The number of carbonyl (C=O) groups is 1. The molecule has 0 aliphatic carbocycles. The van der Waals surface area contributed by atoms with Crippen molar-refractivity contribution in [3.63, 3.8) is 0 Å². The Balaban J connectivity index is 1.91. The van der Waals surface area contributed by atoms with Crippen LogP contribution in [0.25, 0.3) is 0 Å². The summed E-state index contributed by atoms with van der Waals surface area (Å²) in [6.07, 6.45) is 3.87. The van der Waals surface area contributed by atoms with Gasteiger partial charge in [0, 0.05) is 6.08 Å². The molecule has 0 aliphatic rings. The van der Waals surface area contributed by atoms with Crippen LogP contribution >= 0.6 is 0 Å². The predicted molar refractivity (Wildman–Crippen MR) is 82.1 cm³/mol.